The fraction of sp³-hybridized carbons (Fsp3) is 0.571. The number of hydrogen-bond donors (Lipinski definition) is 0. The molecule has 0 aromatic carbocycles. The van der Waals surface area contributed by atoms with Crippen LogP contribution in [0, 0.1) is 0 Å². The van der Waals surface area contributed by atoms with Crippen LogP contribution in [0.2, 0.25) is 0 Å². The molecule has 0 spiro atoms. The topological polar surface area (TPSA) is 34.0 Å². The van der Waals surface area contributed by atoms with Gasteiger partial charge in [-0.2, -0.15) is 0 Å². The standard InChI is InChI=1S/C14H20N4/c1-3-11-6-4-5-8-18(11)14-12-7-9-17(2)13(12)15-10-16-14/h7,9-11H,3-6,8H2,1-2H3. The lowest BCUT2D eigenvalue weighted by molar-refractivity contribution is 0.448. The molecule has 0 saturated carbocycles. The number of aromatic nitrogens is 3. The molecule has 1 aliphatic rings. The van der Waals surface area contributed by atoms with E-state index in [2.05, 4.69) is 38.6 Å². The third-order valence-corrected chi connectivity index (χ3v) is 4.01. The summed E-state index contributed by atoms with van der Waals surface area (Å²) < 4.78 is 2.06. The van der Waals surface area contributed by atoms with Crippen molar-refractivity contribution in [1.82, 2.24) is 14.5 Å². The molecule has 0 N–H and O–H groups in total. The molecule has 1 saturated heterocycles. The zero-order chi connectivity index (χ0) is 12.5. The van der Waals surface area contributed by atoms with Gasteiger partial charge in [-0.3, -0.25) is 0 Å². The summed E-state index contributed by atoms with van der Waals surface area (Å²) in [6.45, 7) is 3.39. The van der Waals surface area contributed by atoms with Gasteiger partial charge in [0.25, 0.3) is 0 Å². The van der Waals surface area contributed by atoms with Crippen LogP contribution in [0.25, 0.3) is 11.0 Å². The number of nitrogens with zero attached hydrogens (tertiary/aromatic N) is 4. The molecule has 3 rings (SSSR count). The summed E-state index contributed by atoms with van der Waals surface area (Å²) in [6, 6.07) is 2.77. The molecule has 18 heavy (non-hydrogen) atoms. The van der Waals surface area contributed by atoms with Crippen LogP contribution in [-0.4, -0.2) is 27.1 Å². The highest BCUT2D eigenvalue weighted by atomic mass is 15.2. The van der Waals surface area contributed by atoms with E-state index in [0.29, 0.717) is 6.04 Å². The Labute approximate surface area is 108 Å². The fourth-order valence-corrected chi connectivity index (χ4v) is 3.00. The summed E-state index contributed by atoms with van der Waals surface area (Å²) in [5.74, 6) is 1.12. The first-order valence-electron chi connectivity index (χ1n) is 6.84. The van der Waals surface area contributed by atoms with Crippen LogP contribution >= 0.6 is 0 Å². The average Bonchev–Trinajstić information content (AvgIpc) is 2.81. The molecular weight excluding hydrogens is 224 g/mol. The lowest BCUT2D eigenvalue weighted by Gasteiger charge is -2.36. The number of aryl methyl sites for hydroxylation is 1. The molecule has 96 valence electrons. The molecule has 4 nitrogen and oxygen atoms in total. The van der Waals surface area contributed by atoms with Crippen molar-refractivity contribution in [2.75, 3.05) is 11.4 Å². The Morgan fingerprint density at radius 3 is 3.06 bits per heavy atom. The summed E-state index contributed by atoms with van der Waals surface area (Å²) >= 11 is 0. The van der Waals surface area contributed by atoms with Crippen LogP contribution < -0.4 is 4.90 Å². The minimum absolute atomic E-state index is 0.636. The van der Waals surface area contributed by atoms with Crippen molar-refractivity contribution >= 4 is 16.9 Å². The number of piperidine rings is 1. The molecule has 4 heteroatoms. The van der Waals surface area contributed by atoms with E-state index in [0.717, 1.165) is 18.0 Å². The molecule has 1 atom stereocenters. The molecule has 2 aromatic rings. The minimum atomic E-state index is 0.636. The smallest absolute Gasteiger partial charge is 0.145 e. The van der Waals surface area contributed by atoms with Gasteiger partial charge in [-0.25, -0.2) is 9.97 Å². The highest BCUT2D eigenvalue weighted by molar-refractivity contribution is 5.88. The molecular formula is C14H20N4. The van der Waals surface area contributed by atoms with Crippen molar-refractivity contribution in [2.24, 2.45) is 7.05 Å². The zero-order valence-corrected chi connectivity index (χ0v) is 11.1. The fourth-order valence-electron chi connectivity index (χ4n) is 3.00. The van der Waals surface area contributed by atoms with Crippen LogP contribution in [-0.2, 0) is 7.05 Å². The van der Waals surface area contributed by atoms with E-state index in [-0.39, 0.29) is 0 Å². The van der Waals surface area contributed by atoms with Crippen molar-refractivity contribution in [2.45, 2.75) is 38.6 Å². The average molecular weight is 244 g/mol. The van der Waals surface area contributed by atoms with Crippen molar-refractivity contribution in [3.8, 4) is 0 Å². The van der Waals surface area contributed by atoms with E-state index in [9.17, 15) is 0 Å². The van der Waals surface area contributed by atoms with Gasteiger partial charge in [0.1, 0.15) is 17.8 Å². The van der Waals surface area contributed by atoms with Crippen LogP contribution in [0.5, 0.6) is 0 Å². The third-order valence-electron chi connectivity index (χ3n) is 4.01. The van der Waals surface area contributed by atoms with E-state index in [1.165, 1.54) is 31.1 Å². The van der Waals surface area contributed by atoms with Gasteiger partial charge in [0.15, 0.2) is 0 Å². The Bertz CT molecular complexity index is 546. The first-order valence-corrected chi connectivity index (χ1v) is 6.84. The van der Waals surface area contributed by atoms with Gasteiger partial charge in [-0.05, 0) is 31.7 Å². The highest BCUT2D eigenvalue weighted by Gasteiger charge is 2.24. The number of anilines is 1. The number of fused-ring (bicyclic) bond motifs is 1. The van der Waals surface area contributed by atoms with Crippen LogP contribution in [0.15, 0.2) is 18.6 Å². The SMILES string of the molecule is CCC1CCCCN1c1ncnc2c1ccn2C. The summed E-state index contributed by atoms with van der Waals surface area (Å²) in [5, 5.41) is 1.18. The molecule has 0 amide bonds. The Balaban J connectivity index is 2.07. The first kappa shape index (κ1) is 11.5. The number of rotatable bonds is 2. The van der Waals surface area contributed by atoms with Gasteiger partial charge in [-0.1, -0.05) is 6.92 Å². The lowest BCUT2D eigenvalue weighted by Crippen LogP contribution is -2.39. The molecule has 1 unspecified atom stereocenters. The number of hydrogen-bond acceptors (Lipinski definition) is 3. The van der Waals surface area contributed by atoms with E-state index in [4.69, 9.17) is 0 Å². The second-order valence-corrected chi connectivity index (χ2v) is 5.11. The van der Waals surface area contributed by atoms with E-state index < -0.39 is 0 Å². The summed E-state index contributed by atoms with van der Waals surface area (Å²) in [7, 11) is 2.03. The molecule has 0 radical (unpaired) electrons. The normalized spacial score (nSPS) is 20.6. The van der Waals surface area contributed by atoms with Gasteiger partial charge in [0.2, 0.25) is 0 Å². The van der Waals surface area contributed by atoms with E-state index >= 15 is 0 Å². The summed E-state index contributed by atoms with van der Waals surface area (Å²) in [6.07, 6.45) is 8.85. The lowest BCUT2D eigenvalue weighted by atomic mass is 10.00. The molecule has 1 fully saturated rings. The molecule has 0 aliphatic carbocycles. The molecule has 2 aromatic heterocycles. The monoisotopic (exact) mass is 244 g/mol. The predicted octanol–water partition coefficient (Wildman–Crippen LogP) is 2.74. The maximum Gasteiger partial charge on any atom is 0.145 e. The Kier molecular flexibility index (Phi) is 2.94. The largest absolute Gasteiger partial charge is 0.353 e. The molecule has 0 bridgehead atoms. The predicted molar refractivity (Wildman–Crippen MR) is 73.8 cm³/mol. The minimum Gasteiger partial charge on any atom is -0.353 e. The van der Waals surface area contributed by atoms with Gasteiger partial charge < -0.3 is 9.47 Å². The maximum absolute atomic E-state index is 4.54. The van der Waals surface area contributed by atoms with Crippen molar-refractivity contribution in [1.29, 1.82) is 0 Å². The van der Waals surface area contributed by atoms with Gasteiger partial charge in [0, 0.05) is 25.8 Å². The van der Waals surface area contributed by atoms with Crippen LogP contribution in [0.4, 0.5) is 5.82 Å². The quantitative estimate of drug-likeness (QED) is 0.814. The Morgan fingerprint density at radius 2 is 2.22 bits per heavy atom. The van der Waals surface area contributed by atoms with Crippen LogP contribution in [0.3, 0.4) is 0 Å². The van der Waals surface area contributed by atoms with Gasteiger partial charge in [-0.15, -0.1) is 0 Å². The highest BCUT2D eigenvalue weighted by Crippen LogP contribution is 2.30. The third kappa shape index (κ3) is 1.76. The molecule has 3 heterocycles. The van der Waals surface area contributed by atoms with Crippen molar-refractivity contribution < 1.29 is 0 Å². The van der Waals surface area contributed by atoms with Crippen molar-refractivity contribution in [3.63, 3.8) is 0 Å². The second-order valence-electron chi connectivity index (χ2n) is 5.11. The summed E-state index contributed by atoms with van der Waals surface area (Å²) in [5.41, 5.74) is 1.03. The van der Waals surface area contributed by atoms with Crippen LogP contribution in [0.1, 0.15) is 32.6 Å². The Morgan fingerprint density at radius 1 is 1.33 bits per heavy atom. The van der Waals surface area contributed by atoms with E-state index in [1.54, 1.807) is 6.33 Å². The first-order chi connectivity index (χ1) is 8.81. The second kappa shape index (κ2) is 4.59. The Hall–Kier alpha value is -1.58. The van der Waals surface area contributed by atoms with E-state index in [1.807, 2.05) is 7.05 Å². The van der Waals surface area contributed by atoms with Gasteiger partial charge in [0.05, 0.1) is 5.39 Å². The molecule has 1 aliphatic heterocycles. The maximum atomic E-state index is 4.54. The van der Waals surface area contributed by atoms with Gasteiger partial charge >= 0.3 is 0 Å². The summed E-state index contributed by atoms with van der Waals surface area (Å²) in [4.78, 5) is 11.4. The van der Waals surface area contributed by atoms with Crippen molar-refractivity contribution in [3.05, 3.63) is 18.6 Å². The zero-order valence-electron chi connectivity index (χ0n) is 11.1.